The molecule has 0 amide bonds. The Balaban J connectivity index is 1.48. The van der Waals surface area contributed by atoms with Crippen LogP contribution in [0.25, 0.3) is 11.3 Å². The summed E-state index contributed by atoms with van der Waals surface area (Å²) >= 11 is 0. The third-order valence-electron chi connectivity index (χ3n) is 6.02. The number of hydrogen-bond donors (Lipinski definition) is 0. The molecule has 1 aliphatic carbocycles. The molecular weight excluding hydrogens is 332 g/mol. The van der Waals surface area contributed by atoms with Crippen molar-refractivity contribution >= 4 is 0 Å². The van der Waals surface area contributed by atoms with Crippen molar-refractivity contribution in [3.63, 3.8) is 0 Å². The van der Waals surface area contributed by atoms with Crippen molar-refractivity contribution in [2.24, 2.45) is 11.8 Å². The normalized spacial score (nSPS) is 19.8. The zero-order chi connectivity index (χ0) is 18.9. The molecule has 0 unspecified atom stereocenters. The van der Waals surface area contributed by atoms with E-state index in [1.807, 2.05) is 12.1 Å². The van der Waals surface area contributed by atoms with Gasteiger partial charge in [0.1, 0.15) is 0 Å². The molecule has 0 atom stereocenters. The predicted octanol–water partition coefficient (Wildman–Crippen LogP) is 6.47. The fourth-order valence-corrected chi connectivity index (χ4v) is 4.01. The highest BCUT2D eigenvalue weighted by Crippen LogP contribution is 2.33. The van der Waals surface area contributed by atoms with Crippen LogP contribution in [0.3, 0.4) is 0 Å². The molecule has 0 bridgehead atoms. The van der Waals surface area contributed by atoms with Gasteiger partial charge in [0.15, 0.2) is 0 Å². The molecule has 146 valence electrons. The SMILES string of the molecule is CCCCOc1ccc(-c2ccc(CC[C@H]3CC[C@H](CC)CC3)cc2)nn1. The third kappa shape index (κ3) is 6.05. The Morgan fingerprint density at radius 1 is 0.889 bits per heavy atom. The lowest BCUT2D eigenvalue weighted by molar-refractivity contribution is 0.259. The third-order valence-corrected chi connectivity index (χ3v) is 6.02. The summed E-state index contributed by atoms with van der Waals surface area (Å²) in [6.07, 6.45) is 11.8. The summed E-state index contributed by atoms with van der Waals surface area (Å²) in [5, 5.41) is 8.50. The highest BCUT2D eigenvalue weighted by molar-refractivity contribution is 5.59. The molecule has 3 heteroatoms. The van der Waals surface area contributed by atoms with E-state index in [-0.39, 0.29) is 0 Å². The van der Waals surface area contributed by atoms with Gasteiger partial charge in [0.25, 0.3) is 0 Å². The topological polar surface area (TPSA) is 35.0 Å². The van der Waals surface area contributed by atoms with E-state index >= 15 is 0 Å². The molecule has 1 aromatic carbocycles. The number of ether oxygens (including phenoxy) is 1. The van der Waals surface area contributed by atoms with Crippen LogP contribution in [-0.2, 0) is 6.42 Å². The van der Waals surface area contributed by atoms with Crippen LogP contribution in [0.4, 0.5) is 0 Å². The van der Waals surface area contributed by atoms with Crippen molar-refractivity contribution in [1.29, 1.82) is 0 Å². The number of aromatic nitrogens is 2. The van der Waals surface area contributed by atoms with E-state index < -0.39 is 0 Å². The molecule has 3 rings (SSSR count). The highest BCUT2D eigenvalue weighted by Gasteiger charge is 2.19. The van der Waals surface area contributed by atoms with Crippen LogP contribution >= 0.6 is 0 Å². The summed E-state index contributed by atoms with van der Waals surface area (Å²) in [7, 11) is 0. The second-order valence-corrected chi connectivity index (χ2v) is 7.99. The monoisotopic (exact) mass is 366 g/mol. The summed E-state index contributed by atoms with van der Waals surface area (Å²) in [5.74, 6) is 2.53. The molecule has 0 spiro atoms. The van der Waals surface area contributed by atoms with Gasteiger partial charge in [-0.3, -0.25) is 0 Å². The number of rotatable bonds is 9. The van der Waals surface area contributed by atoms with Gasteiger partial charge in [-0.25, -0.2) is 0 Å². The van der Waals surface area contributed by atoms with E-state index in [0.29, 0.717) is 12.5 Å². The molecule has 1 saturated carbocycles. The Bertz CT molecular complexity index is 658. The lowest BCUT2D eigenvalue weighted by atomic mass is 9.78. The van der Waals surface area contributed by atoms with Crippen LogP contribution in [0.2, 0.25) is 0 Å². The minimum absolute atomic E-state index is 0.613. The first kappa shape index (κ1) is 19.9. The van der Waals surface area contributed by atoms with Gasteiger partial charge < -0.3 is 4.74 Å². The summed E-state index contributed by atoms with van der Waals surface area (Å²) in [6, 6.07) is 12.8. The Morgan fingerprint density at radius 2 is 1.63 bits per heavy atom. The molecule has 1 aliphatic rings. The van der Waals surface area contributed by atoms with Crippen LogP contribution in [0.1, 0.15) is 70.8 Å². The van der Waals surface area contributed by atoms with Gasteiger partial charge in [-0.05, 0) is 42.7 Å². The first-order chi connectivity index (χ1) is 13.3. The van der Waals surface area contributed by atoms with Gasteiger partial charge >= 0.3 is 0 Å². The molecule has 0 N–H and O–H groups in total. The van der Waals surface area contributed by atoms with Gasteiger partial charge in [-0.15, -0.1) is 10.2 Å². The maximum Gasteiger partial charge on any atom is 0.233 e. The van der Waals surface area contributed by atoms with E-state index in [9.17, 15) is 0 Å². The van der Waals surface area contributed by atoms with Crippen molar-refractivity contribution in [3.05, 3.63) is 42.0 Å². The fraction of sp³-hybridized carbons (Fsp3) is 0.583. The summed E-state index contributed by atoms with van der Waals surface area (Å²) in [5.41, 5.74) is 3.46. The van der Waals surface area contributed by atoms with Gasteiger partial charge in [-0.2, -0.15) is 0 Å². The molecule has 1 heterocycles. The number of benzene rings is 1. The summed E-state index contributed by atoms with van der Waals surface area (Å²) in [4.78, 5) is 0. The molecule has 0 aliphatic heterocycles. The van der Waals surface area contributed by atoms with Crippen LogP contribution in [0.5, 0.6) is 5.88 Å². The predicted molar refractivity (Wildman–Crippen MR) is 112 cm³/mol. The maximum absolute atomic E-state index is 5.59. The zero-order valence-electron chi connectivity index (χ0n) is 17.0. The standard InChI is InChI=1S/C24H34N2O/c1-3-5-18-27-24-17-16-23(25-26-24)22-14-12-21(13-15-22)11-10-20-8-6-19(4-2)7-9-20/h12-17,19-20H,3-11,18H2,1-2H3/t19-,20-. The highest BCUT2D eigenvalue weighted by atomic mass is 16.5. The lowest BCUT2D eigenvalue weighted by Gasteiger charge is -2.27. The second-order valence-electron chi connectivity index (χ2n) is 7.99. The van der Waals surface area contributed by atoms with E-state index in [4.69, 9.17) is 4.74 Å². The fourth-order valence-electron chi connectivity index (χ4n) is 4.01. The Labute approximate surface area is 164 Å². The number of aryl methyl sites for hydroxylation is 1. The van der Waals surface area contributed by atoms with Crippen LogP contribution in [0.15, 0.2) is 36.4 Å². The summed E-state index contributed by atoms with van der Waals surface area (Å²) in [6.45, 7) is 5.20. The molecule has 1 fully saturated rings. The van der Waals surface area contributed by atoms with Crippen molar-refractivity contribution in [2.45, 2.75) is 71.6 Å². The molecule has 3 nitrogen and oxygen atoms in total. The average Bonchev–Trinajstić information content (AvgIpc) is 2.74. The van der Waals surface area contributed by atoms with Gasteiger partial charge in [0.05, 0.1) is 12.3 Å². The number of hydrogen-bond acceptors (Lipinski definition) is 3. The maximum atomic E-state index is 5.59. The average molecular weight is 367 g/mol. The quantitative estimate of drug-likeness (QED) is 0.477. The molecule has 1 aromatic heterocycles. The lowest BCUT2D eigenvalue weighted by Crippen LogP contribution is -2.14. The van der Waals surface area contributed by atoms with Crippen LogP contribution < -0.4 is 4.74 Å². The number of nitrogens with zero attached hydrogens (tertiary/aromatic N) is 2. The minimum atomic E-state index is 0.613. The van der Waals surface area contributed by atoms with E-state index in [1.165, 1.54) is 50.5 Å². The zero-order valence-corrected chi connectivity index (χ0v) is 17.0. The second kappa shape index (κ2) is 10.4. The smallest absolute Gasteiger partial charge is 0.233 e. The Kier molecular flexibility index (Phi) is 7.67. The van der Waals surface area contributed by atoms with Crippen molar-refractivity contribution in [2.75, 3.05) is 6.61 Å². The van der Waals surface area contributed by atoms with E-state index in [1.54, 1.807) is 0 Å². The van der Waals surface area contributed by atoms with Crippen molar-refractivity contribution < 1.29 is 4.74 Å². The Morgan fingerprint density at radius 3 is 2.26 bits per heavy atom. The van der Waals surface area contributed by atoms with E-state index in [2.05, 4.69) is 48.3 Å². The first-order valence-corrected chi connectivity index (χ1v) is 10.8. The van der Waals surface area contributed by atoms with Crippen molar-refractivity contribution in [1.82, 2.24) is 10.2 Å². The van der Waals surface area contributed by atoms with Crippen LogP contribution in [0, 0.1) is 11.8 Å². The molecular formula is C24H34N2O. The summed E-state index contributed by atoms with van der Waals surface area (Å²) < 4.78 is 5.59. The van der Waals surface area contributed by atoms with Crippen molar-refractivity contribution in [3.8, 4) is 17.1 Å². The number of unbranched alkanes of at least 4 members (excludes halogenated alkanes) is 1. The molecule has 2 aromatic rings. The molecule has 0 radical (unpaired) electrons. The van der Waals surface area contributed by atoms with Gasteiger partial charge in [0.2, 0.25) is 5.88 Å². The Hall–Kier alpha value is -1.90. The van der Waals surface area contributed by atoms with E-state index in [0.717, 1.165) is 35.9 Å². The van der Waals surface area contributed by atoms with Crippen LogP contribution in [-0.4, -0.2) is 16.8 Å². The molecule has 27 heavy (non-hydrogen) atoms. The van der Waals surface area contributed by atoms with Gasteiger partial charge in [0, 0.05) is 11.6 Å². The first-order valence-electron chi connectivity index (χ1n) is 10.8. The van der Waals surface area contributed by atoms with Gasteiger partial charge in [-0.1, -0.05) is 76.6 Å². The molecule has 0 saturated heterocycles. The largest absolute Gasteiger partial charge is 0.477 e. The minimum Gasteiger partial charge on any atom is -0.477 e.